The molecule has 1 aliphatic carbocycles. The fraction of sp³-hybridized carbons (Fsp3) is 0.429. The van der Waals surface area contributed by atoms with Crippen LogP contribution in [0.15, 0.2) is 24.0 Å². The monoisotopic (exact) mass is 140 g/mol. The predicted molar refractivity (Wildman–Crippen MR) is 39.2 cm³/mol. The van der Waals surface area contributed by atoms with Crippen LogP contribution in [0.25, 0.3) is 0 Å². The van der Waals surface area contributed by atoms with E-state index >= 15 is 0 Å². The summed E-state index contributed by atoms with van der Waals surface area (Å²) in [7, 11) is 0. The Morgan fingerprint density at radius 3 is 3.56 bits per heavy atom. The van der Waals surface area contributed by atoms with Crippen molar-refractivity contribution in [2.45, 2.75) is 11.7 Å². The molecule has 0 aromatic carbocycles. The topological polar surface area (TPSA) is 9.23 Å². The van der Waals surface area contributed by atoms with Gasteiger partial charge in [0.1, 0.15) is 11.7 Å². The van der Waals surface area contributed by atoms with Gasteiger partial charge >= 0.3 is 0 Å². The highest BCUT2D eigenvalue weighted by molar-refractivity contribution is 8.00. The van der Waals surface area contributed by atoms with Crippen molar-refractivity contribution in [2.75, 3.05) is 5.94 Å². The van der Waals surface area contributed by atoms with Crippen LogP contribution in [-0.2, 0) is 4.74 Å². The average Bonchev–Trinajstić information content (AvgIpc) is 2.33. The molecule has 0 bridgehead atoms. The van der Waals surface area contributed by atoms with Crippen molar-refractivity contribution < 1.29 is 4.74 Å². The molecular formula is C7H8OS. The van der Waals surface area contributed by atoms with Gasteiger partial charge in [-0.2, -0.15) is 0 Å². The number of hydrogen-bond donors (Lipinski definition) is 0. The van der Waals surface area contributed by atoms with E-state index in [2.05, 4.69) is 18.2 Å². The van der Waals surface area contributed by atoms with Crippen LogP contribution < -0.4 is 0 Å². The molecule has 1 unspecified atom stereocenters. The summed E-state index contributed by atoms with van der Waals surface area (Å²) in [4.78, 5) is 0. The Morgan fingerprint density at radius 1 is 1.67 bits per heavy atom. The lowest BCUT2D eigenvalue weighted by molar-refractivity contribution is 0.280. The van der Waals surface area contributed by atoms with Crippen LogP contribution in [0.4, 0.5) is 0 Å². The molecule has 48 valence electrons. The summed E-state index contributed by atoms with van der Waals surface area (Å²) in [6, 6.07) is 0. The molecule has 2 heteroatoms. The van der Waals surface area contributed by atoms with Gasteiger partial charge in [0.2, 0.25) is 0 Å². The molecule has 0 aromatic heterocycles. The fourth-order valence-corrected chi connectivity index (χ4v) is 1.99. The van der Waals surface area contributed by atoms with Crippen molar-refractivity contribution in [1.82, 2.24) is 0 Å². The average molecular weight is 140 g/mol. The van der Waals surface area contributed by atoms with Crippen molar-refractivity contribution in [3.8, 4) is 0 Å². The first kappa shape index (κ1) is 5.42. The Bertz CT molecular complexity index is 172. The second-order valence-corrected chi connectivity index (χ2v) is 3.29. The summed E-state index contributed by atoms with van der Waals surface area (Å²) < 4.78 is 5.33. The number of allylic oxidation sites excluding steroid dienone is 3. The first-order valence-electron chi connectivity index (χ1n) is 3.08. The zero-order valence-electron chi connectivity index (χ0n) is 5.04. The molecule has 0 amide bonds. The second-order valence-electron chi connectivity index (χ2n) is 2.15. The van der Waals surface area contributed by atoms with E-state index in [0.717, 1.165) is 12.4 Å². The lowest BCUT2D eigenvalue weighted by Gasteiger charge is -2.07. The van der Waals surface area contributed by atoms with E-state index in [1.807, 2.05) is 11.8 Å². The summed E-state index contributed by atoms with van der Waals surface area (Å²) in [6.45, 7) is 0. The fourth-order valence-electron chi connectivity index (χ4n) is 1.06. The molecule has 1 heterocycles. The third-order valence-corrected chi connectivity index (χ3v) is 2.64. The molecule has 1 aliphatic heterocycles. The van der Waals surface area contributed by atoms with Crippen LogP contribution in [0.2, 0.25) is 0 Å². The molecule has 1 nitrogen and oxygen atoms in total. The molecule has 0 spiro atoms. The first-order chi connectivity index (χ1) is 4.47. The van der Waals surface area contributed by atoms with E-state index in [4.69, 9.17) is 4.74 Å². The highest BCUT2D eigenvalue weighted by Crippen LogP contribution is 2.33. The third-order valence-electron chi connectivity index (χ3n) is 1.56. The maximum atomic E-state index is 5.33. The molecule has 1 saturated heterocycles. The van der Waals surface area contributed by atoms with Crippen molar-refractivity contribution in [3.05, 3.63) is 24.0 Å². The molecule has 0 saturated carbocycles. The van der Waals surface area contributed by atoms with E-state index < -0.39 is 0 Å². The minimum atomic E-state index is 0.634. The van der Waals surface area contributed by atoms with Gasteiger partial charge in [0.05, 0.1) is 5.25 Å². The van der Waals surface area contributed by atoms with Crippen LogP contribution in [0.5, 0.6) is 0 Å². The maximum Gasteiger partial charge on any atom is 0.134 e. The SMILES string of the molecule is C1=CCC2SCOC2=C1. The molecule has 0 N–H and O–H groups in total. The lowest BCUT2D eigenvalue weighted by Crippen LogP contribution is -2.01. The molecule has 1 fully saturated rings. The van der Waals surface area contributed by atoms with E-state index in [1.165, 1.54) is 5.76 Å². The van der Waals surface area contributed by atoms with E-state index in [0.29, 0.717) is 5.25 Å². The van der Waals surface area contributed by atoms with E-state index in [-0.39, 0.29) is 0 Å². The summed E-state index contributed by atoms with van der Waals surface area (Å²) in [5, 5.41) is 0.634. The molecule has 0 aromatic rings. The van der Waals surface area contributed by atoms with Gasteiger partial charge < -0.3 is 4.74 Å². The Labute approximate surface area is 58.8 Å². The van der Waals surface area contributed by atoms with Crippen molar-refractivity contribution in [3.63, 3.8) is 0 Å². The molecule has 2 aliphatic rings. The van der Waals surface area contributed by atoms with Gasteiger partial charge in [-0.1, -0.05) is 12.2 Å². The third kappa shape index (κ3) is 0.874. The van der Waals surface area contributed by atoms with E-state index in [1.54, 1.807) is 0 Å². The number of thioether (sulfide) groups is 1. The highest BCUT2D eigenvalue weighted by atomic mass is 32.2. The number of hydrogen-bond acceptors (Lipinski definition) is 2. The summed E-state index contributed by atoms with van der Waals surface area (Å²) in [5.74, 6) is 2.01. The van der Waals surface area contributed by atoms with Gasteiger partial charge in [0.25, 0.3) is 0 Å². The Balaban J connectivity index is 2.23. The number of ether oxygens (including phenoxy) is 1. The number of rotatable bonds is 0. The Hall–Kier alpha value is -0.370. The van der Waals surface area contributed by atoms with Crippen molar-refractivity contribution in [2.24, 2.45) is 0 Å². The van der Waals surface area contributed by atoms with Gasteiger partial charge in [-0.25, -0.2) is 0 Å². The van der Waals surface area contributed by atoms with Gasteiger partial charge in [-0.15, -0.1) is 11.8 Å². The molecule has 9 heavy (non-hydrogen) atoms. The standard InChI is InChI=1S/C7H8OS/c1-2-4-7-6(3-1)8-5-9-7/h1-3,7H,4-5H2. The van der Waals surface area contributed by atoms with Crippen LogP contribution in [-0.4, -0.2) is 11.2 Å². The smallest absolute Gasteiger partial charge is 0.134 e. The van der Waals surface area contributed by atoms with Crippen molar-refractivity contribution >= 4 is 11.8 Å². The van der Waals surface area contributed by atoms with Gasteiger partial charge in [-0.05, 0) is 12.5 Å². The van der Waals surface area contributed by atoms with Gasteiger partial charge in [0, 0.05) is 0 Å². The van der Waals surface area contributed by atoms with E-state index in [9.17, 15) is 0 Å². The first-order valence-corrected chi connectivity index (χ1v) is 4.13. The zero-order chi connectivity index (χ0) is 6.10. The highest BCUT2D eigenvalue weighted by Gasteiger charge is 2.22. The maximum absolute atomic E-state index is 5.33. The van der Waals surface area contributed by atoms with Crippen LogP contribution in [0.3, 0.4) is 0 Å². The second kappa shape index (κ2) is 2.10. The summed E-state index contributed by atoms with van der Waals surface area (Å²) in [6.07, 6.45) is 7.47. The zero-order valence-corrected chi connectivity index (χ0v) is 5.86. The minimum Gasteiger partial charge on any atom is -0.486 e. The summed E-state index contributed by atoms with van der Waals surface area (Å²) >= 11 is 1.88. The molecule has 0 radical (unpaired) electrons. The molecular weight excluding hydrogens is 132 g/mol. The van der Waals surface area contributed by atoms with Gasteiger partial charge in [-0.3, -0.25) is 0 Å². The van der Waals surface area contributed by atoms with Crippen LogP contribution in [0.1, 0.15) is 6.42 Å². The minimum absolute atomic E-state index is 0.634. The van der Waals surface area contributed by atoms with Crippen LogP contribution in [0, 0.1) is 0 Å². The molecule has 1 atom stereocenters. The predicted octanol–water partition coefficient (Wildman–Crippen LogP) is 1.92. The summed E-state index contributed by atoms with van der Waals surface area (Å²) in [5.41, 5.74) is 0. The number of fused-ring (bicyclic) bond motifs is 1. The largest absolute Gasteiger partial charge is 0.486 e. The van der Waals surface area contributed by atoms with Crippen molar-refractivity contribution in [1.29, 1.82) is 0 Å². The van der Waals surface area contributed by atoms with Gasteiger partial charge in [0.15, 0.2) is 0 Å². The quantitative estimate of drug-likeness (QED) is 0.508. The lowest BCUT2D eigenvalue weighted by atomic mass is 10.1. The van der Waals surface area contributed by atoms with Crippen LogP contribution >= 0.6 is 11.8 Å². The normalized spacial score (nSPS) is 31.1. The molecule has 2 rings (SSSR count). The Kier molecular flexibility index (Phi) is 1.27. The Morgan fingerprint density at radius 2 is 2.67 bits per heavy atom.